The minimum absolute atomic E-state index is 0.216. The van der Waals surface area contributed by atoms with Crippen LogP contribution in [0.3, 0.4) is 0 Å². The first kappa shape index (κ1) is 23.5. The van der Waals surface area contributed by atoms with Gasteiger partial charge in [-0.3, -0.25) is 10.0 Å². The largest absolute Gasteiger partial charge is 0.354 e. The van der Waals surface area contributed by atoms with Gasteiger partial charge in [0.2, 0.25) is 15.9 Å². The number of hydrogen-bond acceptors (Lipinski definition) is 6. The molecule has 10 heteroatoms. The Morgan fingerprint density at radius 1 is 1.10 bits per heavy atom. The molecular formula is C21H27ClN4O4S. The second kappa shape index (κ2) is 9.95. The summed E-state index contributed by atoms with van der Waals surface area (Å²) in [5, 5.41) is 9.58. The summed E-state index contributed by atoms with van der Waals surface area (Å²) in [6.07, 6.45) is 1.79. The SMILES string of the molecule is CC(C)C(CS(=O)(=O)N1CCN(c2ccc(-c3ccc(Cl)cc3)cn2)CC1)C(=O)NO. The molecular weight excluding hydrogens is 440 g/mol. The molecule has 0 spiro atoms. The maximum Gasteiger partial charge on any atom is 0.247 e. The Hall–Kier alpha value is -2.20. The van der Waals surface area contributed by atoms with Crippen molar-refractivity contribution in [1.82, 2.24) is 14.8 Å². The van der Waals surface area contributed by atoms with Crippen molar-refractivity contribution < 1.29 is 18.4 Å². The van der Waals surface area contributed by atoms with E-state index in [1.54, 1.807) is 25.5 Å². The maximum absolute atomic E-state index is 12.8. The number of hydroxylamine groups is 1. The van der Waals surface area contributed by atoms with Gasteiger partial charge in [0.1, 0.15) is 5.82 Å². The fourth-order valence-electron chi connectivity index (χ4n) is 3.57. The van der Waals surface area contributed by atoms with Crippen LogP contribution in [0.4, 0.5) is 5.82 Å². The Morgan fingerprint density at radius 2 is 1.71 bits per heavy atom. The van der Waals surface area contributed by atoms with E-state index in [1.807, 2.05) is 41.3 Å². The van der Waals surface area contributed by atoms with Crippen molar-refractivity contribution in [2.45, 2.75) is 13.8 Å². The quantitative estimate of drug-likeness (QED) is 0.480. The van der Waals surface area contributed by atoms with Gasteiger partial charge < -0.3 is 4.90 Å². The van der Waals surface area contributed by atoms with Crippen molar-refractivity contribution >= 4 is 33.3 Å². The van der Waals surface area contributed by atoms with Crippen LogP contribution in [-0.2, 0) is 14.8 Å². The molecule has 0 aliphatic carbocycles. The minimum atomic E-state index is -3.63. The number of hydrogen-bond donors (Lipinski definition) is 2. The molecule has 1 atom stereocenters. The van der Waals surface area contributed by atoms with E-state index in [4.69, 9.17) is 16.8 Å². The van der Waals surface area contributed by atoms with Crippen LogP contribution >= 0.6 is 11.6 Å². The summed E-state index contributed by atoms with van der Waals surface area (Å²) in [6, 6.07) is 11.4. The van der Waals surface area contributed by atoms with Crippen LogP contribution in [-0.4, -0.2) is 60.8 Å². The number of benzene rings is 1. The second-order valence-electron chi connectivity index (χ2n) is 7.90. The number of rotatable bonds is 7. The summed E-state index contributed by atoms with van der Waals surface area (Å²) in [5.41, 5.74) is 3.57. The zero-order valence-electron chi connectivity index (χ0n) is 17.5. The highest BCUT2D eigenvalue weighted by molar-refractivity contribution is 7.89. The van der Waals surface area contributed by atoms with E-state index in [1.165, 1.54) is 4.31 Å². The number of carbonyl (C=O) groups excluding carboxylic acids is 1. The van der Waals surface area contributed by atoms with Crippen molar-refractivity contribution in [2.75, 3.05) is 36.8 Å². The van der Waals surface area contributed by atoms with Crippen LogP contribution in [0.1, 0.15) is 13.8 Å². The molecule has 1 unspecified atom stereocenters. The first-order valence-electron chi connectivity index (χ1n) is 10.1. The van der Waals surface area contributed by atoms with Crippen LogP contribution in [0.25, 0.3) is 11.1 Å². The van der Waals surface area contributed by atoms with E-state index >= 15 is 0 Å². The third-order valence-corrected chi connectivity index (χ3v) is 7.71. The van der Waals surface area contributed by atoms with Gasteiger partial charge in [0.05, 0.1) is 11.7 Å². The van der Waals surface area contributed by atoms with Gasteiger partial charge >= 0.3 is 0 Å². The van der Waals surface area contributed by atoms with E-state index in [0.29, 0.717) is 31.2 Å². The highest BCUT2D eigenvalue weighted by atomic mass is 35.5. The van der Waals surface area contributed by atoms with Gasteiger partial charge in [-0.15, -0.1) is 0 Å². The number of nitrogens with one attached hydrogen (secondary N) is 1. The number of sulfonamides is 1. The monoisotopic (exact) mass is 466 g/mol. The predicted octanol–water partition coefficient (Wildman–Crippen LogP) is 2.63. The number of amides is 1. The van der Waals surface area contributed by atoms with Gasteiger partial charge in [0, 0.05) is 43.0 Å². The van der Waals surface area contributed by atoms with Crippen molar-refractivity contribution in [1.29, 1.82) is 0 Å². The summed E-state index contributed by atoms with van der Waals surface area (Å²) < 4.78 is 27.0. The molecule has 1 fully saturated rings. The molecule has 0 radical (unpaired) electrons. The Bertz CT molecular complexity index is 989. The van der Waals surface area contributed by atoms with E-state index in [9.17, 15) is 13.2 Å². The number of aromatic nitrogens is 1. The minimum Gasteiger partial charge on any atom is -0.354 e. The third-order valence-electron chi connectivity index (χ3n) is 5.52. The Morgan fingerprint density at radius 3 is 2.23 bits per heavy atom. The topological polar surface area (TPSA) is 103 Å². The number of nitrogens with zero attached hydrogens (tertiary/aromatic N) is 3. The molecule has 0 saturated carbocycles. The zero-order valence-corrected chi connectivity index (χ0v) is 19.1. The lowest BCUT2D eigenvalue weighted by Gasteiger charge is -2.35. The van der Waals surface area contributed by atoms with E-state index in [-0.39, 0.29) is 11.7 Å². The summed E-state index contributed by atoms with van der Waals surface area (Å²) in [7, 11) is -3.63. The average molecular weight is 467 g/mol. The molecule has 1 saturated heterocycles. The molecule has 1 amide bonds. The first-order chi connectivity index (χ1) is 14.7. The first-order valence-corrected chi connectivity index (χ1v) is 12.1. The molecule has 8 nitrogen and oxygen atoms in total. The van der Waals surface area contributed by atoms with Crippen LogP contribution < -0.4 is 10.4 Å². The van der Waals surface area contributed by atoms with Gasteiger partial charge in [-0.05, 0) is 35.7 Å². The molecule has 2 aromatic rings. The predicted molar refractivity (Wildman–Crippen MR) is 121 cm³/mol. The van der Waals surface area contributed by atoms with Gasteiger partial charge in [0.15, 0.2) is 0 Å². The molecule has 1 aliphatic heterocycles. The van der Waals surface area contributed by atoms with Crippen LogP contribution in [0.15, 0.2) is 42.6 Å². The van der Waals surface area contributed by atoms with Crippen LogP contribution in [0.5, 0.6) is 0 Å². The second-order valence-corrected chi connectivity index (χ2v) is 10.4. The normalized spacial score (nSPS) is 16.4. The Labute approximate surface area is 187 Å². The fourth-order valence-corrected chi connectivity index (χ4v) is 5.61. The fraction of sp³-hybridized carbons (Fsp3) is 0.429. The van der Waals surface area contributed by atoms with Gasteiger partial charge in [-0.2, -0.15) is 4.31 Å². The van der Waals surface area contributed by atoms with Crippen molar-refractivity contribution in [3.05, 3.63) is 47.6 Å². The van der Waals surface area contributed by atoms with Crippen LogP contribution in [0.2, 0.25) is 5.02 Å². The molecule has 2 N–H and O–H groups in total. The van der Waals surface area contributed by atoms with E-state index in [2.05, 4.69) is 4.98 Å². The van der Waals surface area contributed by atoms with Crippen molar-refractivity contribution in [3.8, 4) is 11.1 Å². The standard InChI is InChI=1S/C21H27ClN4O4S/c1-15(2)19(21(27)24-28)14-31(29,30)26-11-9-25(10-12-26)20-8-5-17(13-23-20)16-3-6-18(22)7-4-16/h3-8,13,15,19,28H,9-12,14H2,1-2H3,(H,24,27). The van der Waals surface area contributed by atoms with Crippen LogP contribution in [0, 0.1) is 11.8 Å². The summed E-state index contributed by atoms with van der Waals surface area (Å²) in [4.78, 5) is 18.4. The molecule has 168 valence electrons. The highest BCUT2D eigenvalue weighted by Gasteiger charge is 2.33. The molecule has 2 heterocycles. The highest BCUT2D eigenvalue weighted by Crippen LogP contribution is 2.24. The van der Waals surface area contributed by atoms with E-state index in [0.717, 1.165) is 16.9 Å². The lowest BCUT2D eigenvalue weighted by molar-refractivity contribution is -0.134. The Balaban J connectivity index is 1.62. The molecule has 3 rings (SSSR count). The maximum atomic E-state index is 12.8. The molecule has 1 aliphatic rings. The van der Waals surface area contributed by atoms with Gasteiger partial charge in [0.25, 0.3) is 0 Å². The molecule has 1 aromatic heterocycles. The number of carbonyl (C=O) groups is 1. The third kappa shape index (κ3) is 5.74. The lowest BCUT2D eigenvalue weighted by atomic mass is 9.97. The Kier molecular flexibility index (Phi) is 7.53. The molecule has 1 aromatic carbocycles. The van der Waals surface area contributed by atoms with Crippen molar-refractivity contribution in [2.24, 2.45) is 11.8 Å². The number of pyridine rings is 1. The molecule has 0 bridgehead atoms. The zero-order chi connectivity index (χ0) is 22.6. The summed E-state index contributed by atoms with van der Waals surface area (Å²) in [6.45, 7) is 5.15. The van der Waals surface area contributed by atoms with E-state index < -0.39 is 21.8 Å². The molecule has 31 heavy (non-hydrogen) atoms. The van der Waals surface area contributed by atoms with Gasteiger partial charge in [-0.1, -0.05) is 37.6 Å². The summed E-state index contributed by atoms with van der Waals surface area (Å²) >= 11 is 5.94. The summed E-state index contributed by atoms with van der Waals surface area (Å²) in [5.74, 6) is -1.25. The number of halogens is 1. The lowest BCUT2D eigenvalue weighted by Crippen LogP contribution is -2.51. The average Bonchev–Trinajstić information content (AvgIpc) is 2.77. The van der Waals surface area contributed by atoms with Gasteiger partial charge in [-0.25, -0.2) is 18.9 Å². The number of anilines is 1. The van der Waals surface area contributed by atoms with Crippen molar-refractivity contribution in [3.63, 3.8) is 0 Å². The number of piperazine rings is 1. The smallest absolute Gasteiger partial charge is 0.247 e.